The standard InChI is InChI=1S/C12H9FN4/c13-10-2-11-9(5-16-12(11)17-6-10)1-8-3-14-7-15-4-8/h2-7H,1H2,(H,16,17). The van der Waals surface area contributed by atoms with E-state index in [0.29, 0.717) is 12.1 Å². The molecular formula is C12H9FN4. The largest absolute Gasteiger partial charge is 0.346 e. The van der Waals surface area contributed by atoms with Crippen molar-refractivity contribution in [2.75, 3.05) is 0 Å². The molecule has 4 nitrogen and oxygen atoms in total. The summed E-state index contributed by atoms with van der Waals surface area (Å²) in [7, 11) is 0. The van der Waals surface area contributed by atoms with E-state index in [9.17, 15) is 4.39 Å². The van der Waals surface area contributed by atoms with Crippen LogP contribution in [-0.2, 0) is 6.42 Å². The third-order valence-corrected chi connectivity index (χ3v) is 2.59. The Labute approximate surface area is 96.6 Å². The van der Waals surface area contributed by atoms with Crippen molar-refractivity contribution >= 4 is 11.0 Å². The molecule has 3 heterocycles. The molecule has 3 aromatic heterocycles. The molecular weight excluding hydrogens is 219 g/mol. The molecule has 0 radical (unpaired) electrons. The van der Waals surface area contributed by atoms with Gasteiger partial charge in [-0.2, -0.15) is 0 Å². The predicted octanol–water partition coefficient (Wildman–Crippen LogP) is 2.08. The smallest absolute Gasteiger partial charge is 0.142 e. The van der Waals surface area contributed by atoms with E-state index in [1.165, 1.54) is 18.6 Å². The Morgan fingerprint density at radius 3 is 2.82 bits per heavy atom. The second kappa shape index (κ2) is 3.93. The van der Waals surface area contributed by atoms with E-state index in [2.05, 4.69) is 19.9 Å². The van der Waals surface area contributed by atoms with Crippen molar-refractivity contribution in [2.45, 2.75) is 6.42 Å². The molecule has 17 heavy (non-hydrogen) atoms. The quantitative estimate of drug-likeness (QED) is 0.730. The van der Waals surface area contributed by atoms with Gasteiger partial charge in [0.15, 0.2) is 0 Å². The highest BCUT2D eigenvalue weighted by molar-refractivity contribution is 5.79. The molecule has 0 atom stereocenters. The van der Waals surface area contributed by atoms with Gasteiger partial charge in [-0.15, -0.1) is 0 Å². The lowest BCUT2D eigenvalue weighted by Crippen LogP contribution is -1.89. The number of nitrogens with one attached hydrogen (secondary N) is 1. The van der Waals surface area contributed by atoms with E-state index >= 15 is 0 Å². The zero-order valence-corrected chi connectivity index (χ0v) is 8.89. The van der Waals surface area contributed by atoms with Crippen LogP contribution in [0.2, 0.25) is 0 Å². The number of nitrogens with zero attached hydrogens (tertiary/aromatic N) is 3. The number of H-pyrrole nitrogens is 1. The molecule has 0 fully saturated rings. The fourth-order valence-electron chi connectivity index (χ4n) is 1.82. The number of aromatic amines is 1. The molecule has 0 aliphatic heterocycles. The molecule has 0 saturated carbocycles. The number of aromatic nitrogens is 4. The third-order valence-electron chi connectivity index (χ3n) is 2.59. The summed E-state index contributed by atoms with van der Waals surface area (Å²) in [6, 6.07) is 1.48. The van der Waals surface area contributed by atoms with Crippen molar-refractivity contribution in [3.8, 4) is 0 Å². The highest BCUT2D eigenvalue weighted by atomic mass is 19.1. The lowest BCUT2D eigenvalue weighted by atomic mass is 10.1. The van der Waals surface area contributed by atoms with Crippen LogP contribution in [0.5, 0.6) is 0 Å². The van der Waals surface area contributed by atoms with Gasteiger partial charge in [-0.25, -0.2) is 19.3 Å². The maximum absolute atomic E-state index is 13.1. The number of pyridine rings is 1. The zero-order valence-electron chi connectivity index (χ0n) is 8.89. The Morgan fingerprint density at radius 1 is 1.18 bits per heavy atom. The lowest BCUT2D eigenvalue weighted by molar-refractivity contribution is 0.624. The Kier molecular flexibility index (Phi) is 2.29. The molecule has 0 aromatic carbocycles. The van der Waals surface area contributed by atoms with Gasteiger partial charge < -0.3 is 4.98 Å². The van der Waals surface area contributed by atoms with Crippen molar-refractivity contribution in [3.63, 3.8) is 0 Å². The summed E-state index contributed by atoms with van der Waals surface area (Å²) in [6.45, 7) is 0. The summed E-state index contributed by atoms with van der Waals surface area (Å²) in [5.41, 5.74) is 2.66. The zero-order chi connectivity index (χ0) is 11.7. The van der Waals surface area contributed by atoms with Gasteiger partial charge in [0.2, 0.25) is 0 Å². The van der Waals surface area contributed by atoms with E-state index < -0.39 is 0 Å². The van der Waals surface area contributed by atoms with Gasteiger partial charge in [-0.05, 0) is 17.2 Å². The van der Waals surface area contributed by atoms with Crippen molar-refractivity contribution in [1.29, 1.82) is 0 Å². The number of hydrogen-bond acceptors (Lipinski definition) is 3. The monoisotopic (exact) mass is 228 g/mol. The van der Waals surface area contributed by atoms with Crippen LogP contribution in [0.25, 0.3) is 11.0 Å². The molecule has 0 bridgehead atoms. The van der Waals surface area contributed by atoms with Gasteiger partial charge >= 0.3 is 0 Å². The second-order valence-corrected chi connectivity index (χ2v) is 3.79. The first kappa shape index (κ1) is 9.89. The summed E-state index contributed by atoms with van der Waals surface area (Å²) in [5.74, 6) is -0.331. The third kappa shape index (κ3) is 1.87. The van der Waals surface area contributed by atoms with Crippen LogP contribution in [0.15, 0.2) is 37.2 Å². The first-order valence-corrected chi connectivity index (χ1v) is 5.18. The summed E-state index contributed by atoms with van der Waals surface area (Å²) in [5, 5.41) is 0.800. The molecule has 84 valence electrons. The molecule has 0 saturated heterocycles. The minimum atomic E-state index is -0.331. The predicted molar refractivity (Wildman–Crippen MR) is 60.9 cm³/mol. The van der Waals surface area contributed by atoms with Crippen LogP contribution in [0.3, 0.4) is 0 Å². The molecule has 1 N–H and O–H groups in total. The number of rotatable bonds is 2. The summed E-state index contributed by atoms with van der Waals surface area (Å²) in [6.07, 6.45) is 8.68. The maximum atomic E-state index is 13.1. The molecule has 0 aliphatic rings. The van der Waals surface area contributed by atoms with Crippen molar-refractivity contribution in [2.24, 2.45) is 0 Å². The van der Waals surface area contributed by atoms with Gasteiger partial charge in [-0.3, -0.25) is 0 Å². The van der Waals surface area contributed by atoms with Crippen LogP contribution in [-0.4, -0.2) is 19.9 Å². The van der Waals surface area contributed by atoms with Gasteiger partial charge in [0, 0.05) is 30.4 Å². The first-order valence-electron chi connectivity index (χ1n) is 5.18. The van der Waals surface area contributed by atoms with Crippen molar-refractivity contribution < 1.29 is 4.39 Å². The number of fused-ring (bicyclic) bond motifs is 1. The van der Waals surface area contributed by atoms with E-state index in [4.69, 9.17) is 0 Å². The summed E-state index contributed by atoms with van der Waals surface area (Å²) >= 11 is 0. The lowest BCUT2D eigenvalue weighted by Gasteiger charge is -1.98. The molecule has 0 aliphatic carbocycles. The van der Waals surface area contributed by atoms with Gasteiger partial charge in [0.05, 0.1) is 6.20 Å². The van der Waals surface area contributed by atoms with Gasteiger partial charge in [0.25, 0.3) is 0 Å². The fraction of sp³-hybridized carbons (Fsp3) is 0.0833. The van der Waals surface area contributed by atoms with Crippen LogP contribution < -0.4 is 0 Å². The molecule has 3 rings (SSSR count). The molecule has 0 spiro atoms. The van der Waals surface area contributed by atoms with E-state index in [1.807, 2.05) is 6.20 Å². The van der Waals surface area contributed by atoms with E-state index in [-0.39, 0.29) is 5.82 Å². The Morgan fingerprint density at radius 2 is 2.00 bits per heavy atom. The Hall–Kier alpha value is -2.30. The highest BCUT2D eigenvalue weighted by Crippen LogP contribution is 2.19. The SMILES string of the molecule is Fc1cnc2[nH]cc(Cc3cncnc3)c2c1. The average Bonchev–Trinajstić information content (AvgIpc) is 2.73. The molecule has 5 heteroatoms. The topological polar surface area (TPSA) is 54.5 Å². The minimum absolute atomic E-state index is 0.331. The van der Waals surface area contributed by atoms with Gasteiger partial charge in [-0.1, -0.05) is 0 Å². The first-order chi connectivity index (χ1) is 8.33. The van der Waals surface area contributed by atoms with Crippen molar-refractivity contribution in [1.82, 2.24) is 19.9 Å². The Bertz CT molecular complexity index is 648. The van der Waals surface area contributed by atoms with E-state index in [0.717, 1.165) is 16.5 Å². The van der Waals surface area contributed by atoms with Crippen LogP contribution in [0.1, 0.15) is 11.1 Å². The second-order valence-electron chi connectivity index (χ2n) is 3.79. The molecule has 3 aromatic rings. The fourth-order valence-corrected chi connectivity index (χ4v) is 1.82. The van der Waals surface area contributed by atoms with Crippen LogP contribution in [0.4, 0.5) is 4.39 Å². The molecule has 0 amide bonds. The molecule has 0 unspecified atom stereocenters. The van der Waals surface area contributed by atoms with Gasteiger partial charge in [0.1, 0.15) is 17.8 Å². The highest BCUT2D eigenvalue weighted by Gasteiger charge is 2.06. The number of halogens is 1. The minimum Gasteiger partial charge on any atom is -0.346 e. The van der Waals surface area contributed by atoms with Crippen LogP contribution >= 0.6 is 0 Å². The van der Waals surface area contributed by atoms with Crippen LogP contribution in [0, 0.1) is 5.82 Å². The normalized spacial score (nSPS) is 10.9. The van der Waals surface area contributed by atoms with E-state index in [1.54, 1.807) is 12.4 Å². The number of hydrogen-bond donors (Lipinski definition) is 1. The summed E-state index contributed by atoms with van der Waals surface area (Å²) < 4.78 is 13.1. The summed E-state index contributed by atoms with van der Waals surface area (Å²) in [4.78, 5) is 14.9. The van der Waals surface area contributed by atoms with Crippen molar-refractivity contribution in [3.05, 3.63) is 54.1 Å². The average molecular weight is 228 g/mol. The maximum Gasteiger partial charge on any atom is 0.142 e. The Balaban J connectivity index is 2.03.